The van der Waals surface area contributed by atoms with Gasteiger partial charge in [0.2, 0.25) is 0 Å². The number of phenolic OH excluding ortho intramolecular Hbond substituents is 1. The summed E-state index contributed by atoms with van der Waals surface area (Å²) >= 11 is -2.00. The number of methoxy groups -OCH3 is 1. The lowest BCUT2D eigenvalue weighted by Gasteiger charge is -2.21. The molecule has 50 heavy (non-hydrogen) atoms. The first kappa shape index (κ1) is 37.3. The van der Waals surface area contributed by atoms with Gasteiger partial charge in [-0.25, -0.2) is 9.59 Å². The predicted octanol–water partition coefficient (Wildman–Crippen LogP) is 7.39. The van der Waals surface area contributed by atoms with Gasteiger partial charge in [-0.05, 0) is 105 Å². The van der Waals surface area contributed by atoms with Crippen molar-refractivity contribution >= 4 is 46.3 Å². The van der Waals surface area contributed by atoms with E-state index < -0.39 is 35.3 Å². The third kappa shape index (κ3) is 10.2. The number of esters is 1. The standard InChI is InChI=1S/C37H41N3O9S/c1-7-8-9-34(48-33-17-10-23(2)18-25(33)4)35(42)38-31-16-13-28(22-32(31)41)40(5)37(44)47-29-14-11-27(12-15-29)39-50(45)49-30-20-24(3)19-26(21-30)36(43)46-6/h10-22,34,39,41H,7-9H2,1-6H3,(H,38,42). The highest BCUT2D eigenvalue weighted by Gasteiger charge is 2.23. The molecule has 4 aromatic rings. The normalized spacial score (nSPS) is 11.9. The summed E-state index contributed by atoms with van der Waals surface area (Å²) in [7, 11) is 2.74. The Labute approximate surface area is 294 Å². The molecule has 0 fully saturated rings. The molecule has 0 heterocycles. The second-order valence-electron chi connectivity index (χ2n) is 11.6. The monoisotopic (exact) mass is 703 g/mol. The van der Waals surface area contributed by atoms with Crippen LogP contribution in [0.15, 0.2) is 78.9 Å². The number of aryl methyl sites for hydroxylation is 3. The fourth-order valence-corrected chi connectivity index (χ4v) is 5.51. The number of nitrogens with zero attached hydrogens (tertiary/aromatic N) is 1. The van der Waals surface area contributed by atoms with Gasteiger partial charge >= 0.3 is 23.3 Å². The van der Waals surface area contributed by atoms with Crippen LogP contribution in [0, 0.1) is 20.8 Å². The summed E-state index contributed by atoms with van der Waals surface area (Å²) in [5, 5.41) is 13.5. The van der Waals surface area contributed by atoms with E-state index in [1.54, 1.807) is 37.3 Å². The molecular formula is C37H41N3O9S. The zero-order chi connectivity index (χ0) is 36.4. The minimum absolute atomic E-state index is 0.169. The number of benzene rings is 4. The van der Waals surface area contributed by atoms with Crippen LogP contribution in [-0.4, -0.2) is 47.5 Å². The third-order valence-corrected chi connectivity index (χ3v) is 8.26. The number of unbranched alkanes of at least 4 members (excludes halogenated alkanes) is 1. The summed E-state index contributed by atoms with van der Waals surface area (Å²) in [6.07, 6.45) is 0.656. The minimum Gasteiger partial charge on any atom is -0.506 e. The van der Waals surface area contributed by atoms with Crippen LogP contribution in [0.5, 0.6) is 23.0 Å². The van der Waals surface area contributed by atoms with Crippen LogP contribution in [0.1, 0.15) is 53.2 Å². The van der Waals surface area contributed by atoms with Gasteiger partial charge in [-0.1, -0.05) is 31.0 Å². The average molecular weight is 704 g/mol. The van der Waals surface area contributed by atoms with E-state index in [1.165, 1.54) is 49.4 Å². The lowest BCUT2D eigenvalue weighted by Crippen LogP contribution is -2.33. The largest absolute Gasteiger partial charge is 0.506 e. The lowest BCUT2D eigenvalue weighted by molar-refractivity contribution is -0.123. The Kier molecular flexibility index (Phi) is 12.8. The molecule has 0 aromatic heterocycles. The molecule has 0 spiro atoms. The summed E-state index contributed by atoms with van der Waals surface area (Å²) in [5.41, 5.74) is 3.90. The Morgan fingerprint density at radius 3 is 2.30 bits per heavy atom. The first-order valence-corrected chi connectivity index (χ1v) is 16.9. The Morgan fingerprint density at radius 1 is 0.900 bits per heavy atom. The zero-order valence-corrected chi connectivity index (χ0v) is 29.6. The van der Waals surface area contributed by atoms with Gasteiger partial charge in [0, 0.05) is 18.8 Å². The van der Waals surface area contributed by atoms with E-state index in [4.69, 9.17) is 18.4 Å². The number of aromatic hydroxyl groups is 1. The van der Waals surface area contributed by atoms with Crippen LogP contribution in [0.2, 0.25) is 0 Å². The number of nitrogens with one attached hydrogen (secondary N) is 2. The molecule has 0 bridgehead atoms. The second kappa shape index (κ2) is 17.2. The fourth-order valence-electron chi connectivity index (χ4n) is 4.87. The van der Waals surface area contributed by atoms with E-state index in [0.29, 0.717) is 23.5 Å². The molecule has 0 aliphatic rings. The van der Waals surface area contributed by atoms with Crippen molar-refractivity contribution < 1.29 is 42.1 Å². The van der Waals surface area contributed by atoms with Crippen LogP contribution in [0.3, 0.4) is 0 Å². The zero-order valence-electron chi connectivity index (χ0n) is 28.8. The predicted molar refractivity (Wildman–Crippen MR) is 192 cm³/mol. The van der Waals surface area contributed by atoms with Crippen LogP contribution < -0.4 is 28.6 Å². The molecule has 4 rings (SSSR count). The molecule has 4 aromatic carbocycles. The maximum atomic E-state index is 13.2. The number of anilines is 3. The van der Waals surface area contributed by atoms with Crippen molar-refractivity contribution in [2.75, 3.05) is 29.1 Å². The Bertz CT molecular complexity index is 1860. The molecule has 0 saturated heterocycles. The minimum atomic E-state index is -2.00. The third-order valence-electron chi connectivity index (χ3n) is 7.52. The highest BCUT2D eigenvalue weighted by Crippen LogP contribution is 2.30. The second-order valence-corrected chi connectivity index (χ2v) is 12.4. The van der Waals surface area contributed by atoms with Crippen molar-refractivity contribution in [3.05, 3.63) is 101 Å². The van der Waals surface area contributed by atoms with Crippen molar-refractivity contribution in [2.45, 2.75) is 53.1 Å². The van der Waals surface area contributed by atoms with Crippen molar-refractivity contribution in [1.29, 1.82) is 0 Å². The summed E-state index contributed by atoms with van der Waals surface area (Å²) in [6.45, 7) is 7.71. The van der Waals surface area contributed by atoms with Gasteiger partial charge in [0.05, 0.1) is 24.0 Å². The van der Waals surface area contributed by atoms with Crippen molar-refractivity contribution in [2.24, 2.45) is 0 Å². The SMILES string of the molecule is CCCCC(Oc1ccc(C)cc1C)C(=O)Nc1ccc(N(C)C(=O)Oc2ccc(NS(=O)Oc3cc(C)cc(C(=O)OC)c3)cc2)cc1O. The number of hydrogen-bond donors (Lipinski definition) is 3. The molecule has 2 unspecified atom stereocenters. The number of carbonyl (C=O) groups is 3. The summed E-state index contributed by atoms with van der Waals surface area (Å²) in [4.78, 5) is 39.2. The first-order valence-electron chi connectivity index (χ1n) is 15.9. The fraction of sp³-hybridized carbons (Fsp3) is 0.270. The van der Waals surface area contributed by atoms with Gasteiger partial charge in [0.1, 0.15) is 23.0 Å². The number of phenols is 1. The summed E-state index contributed by atoms with van der Waals surface area (Å²) in [5.74, 6) is -0.145. The van der Waals surface area contributed by atoms with Crippen molar-refractivity contribution in [3.63, 3.8) is 0 Å². The van der Waals surface area contributed by atoms with Gasteiger partial charge in [-0.2, -0.15) is 4.21 Å². The topological polar surface area (TPSA) is 153 Å². The van der Waals surface area contributed by atoms with Gasteiger partial charge in [-0.15, -0.1) is 0 Å². The van der Waals surface area contributed by atoms with Gasteiger partial charge in [0.15, 0.2) is 6.10 Å². The number of ether oxygens (including phenoxy) is 3. The molecule has 12 nitrogen and oxygen atoms in total. The van der Waals surface area contributed by atoms with Crippen molar-refractivity contribution in [1.82, 2.24) is 0 Å². The quantitative estimate of drug-likeness (QED) is 0.0902. The van der Waals surface area contributed by atoms with E-state index in [0.717, 1.165) is 29.5 Å². The highest BCUT2D eigenvalue weighted by molar-refractivity contribution is 7.81. The summed E-state index contributed by atoms with van der Waals surface area (Å²) < 4.78 is 36.9. The highest BCUT2D eigenvalue weighted by atomic mass is 32.2. The van der Waals surface area contributed by atoms with E-state index in [2.05, 4.69) is 10.0 Å². The molecule has 0 radical (unpaired) electrons. The smallest absolute Gasteiger partial charge is 0.419 e. The van der Waals surface area contributed by atoms with Gasteiger partial charge in [-0.3, -0.25) is 14.4 Å². The maximum absolute atomic E-state index is 13.2. The summed E-state index contributed by atoms with van der Waals surface area (Å²) in [6, 6.07) is 20.9. The van der Waals surface area contributed by atoms with Crippen LogP contribution in [0.25, 0.3) is 0 Å². The van der Waals surface area contributed by atoms with E-state index in [1.807, 2.05) is 39.0 Å². The first-order chi connectivity index (χ1) is 23.9. The molecule has 0 saturated carbocycles. The van der Waals surface area contributed by atoms with E-state index in [9.17, 15) is 23.7 Å². The van der Waals surface area contributed by atoms with Crippen LogP contribution in [-0.2, 0) is 20.8 Å². The number of carbonyl (C=O) groups excluding carboxylic acids is 3. The Balaban J connectivity index is 1.34. The van der Waals surface area contributed by atoms with Crippen LogP contribution >= 0.6 is 0 Å². The Morgan fingerprint density at radius 2 is 1.64 bits per heavy atom. The molecular weight excluding hydrogens is 662 g/mol. The molecule has 2 amide bonds. The number of hydrogen-bond acceptors (Lipinski definition) is 9. The molecule has 3 N–H and O–H groups in total. The molecule has 0 aliphatic carbocycles. The molecule has 0 aliphatic heterocycles. The van der Waals surface area contributed by atoms with Crippen molar-refractivity contribution in [3.8, 4) is 23.0 Å². The van der Waals surface area contributed by atoms with E-state index >= 15 is 0 Å². The molecule has 13 heteroatoms. The lowest BCUT2D eigenvalue weighted by atomic mass is 10.1. The number of rotatable bonds is 14. The molecule has 264 valence electrons. The average Bonchev–Trinajstić information content (AvgIpc) is 3.08. The number of amides is 2. The molecule has 2 atom stereocenters. The van der Waals surface area contributed by atoms with Gasteiger partial charge < -0.3 is 28.8 Å². The maximum Gasteiger partial charge on any atom is 0.419 e. The van der Waals surface area contributed by atoms with Crippen LogP contribution in [0.4, 0.5) is 21.9 Å². The Hall–Kier alpha value is -5.56. The van der Waals surface area contributed by atoms with Gasteiger partial charge in [0.25, 0.3) is 5.91 Å². The van der Waals surface area contributed by atoms with E-state index in [-0.39, 0.29) is 28.5 Å².